The normalized spacial score (nSPS) is 15.1. The van der Waals surface area contributed by atoms with Crippen molar-refractivity contribution in [2.24, 2.45) is 0 Å². The summed E-state index contributed by atoms with van der Waals surface area (Å²) < 4.78 is 0. The van der Waals surface area contributed by atoms with Gasteiger partial charge in [-0.2, -0.15) is 0 Å². The van der Waals surface area contributed by atoms with Gasteiger partial charge in [0.15, 0.2) is 0 Å². The summed E-state index contributed by atoms with van der Waals surface area (Å²) in [4.78, 5) is 16.6. The van der Waals surface area contributed by atoms with Crippen LogP contribution in [0.5, 0.6) is 0 Å². The molecule has 1 saturated carbocycles. The lowest BCUT2D eigenvalue weighted by Crippen LogP contribution is -2.32. The largest absolute Gasteiger partial charge is 0.353 e. The molecule has 1 aliphatic carbocycles. The second-order valence-corrected chi connectivity index (χ2v) is 6.92. The fourth-order valence-corrected chi connectivity index (χ4v) is 3.80. The number of aromatic nitrogens is 1. The zero-order chi connectivity index (χ0) is 15.4. The Morgan fingerprint density at radius 3 is 2.95 bits per heavy atom. The van der Waals surface area contributed by atoms with Gasteiger partial charge in [-0.25, -0.2) is 4.98 Å². The van der Waals surface area contributed by atoms with Gasteiger partial charge in [0.25, 0.3) is 0 Å². The molecule has 1 aliphatic rings. The molecule has 2 aromatic rings. The number of benzene rings is 1. The summed E-state index contributed by atoms with van der Waals surface area (Å²) in [6.07, 6.45) is 6.03. The molecule has 4 heteroatoms. The van der Waals surface area contributed by atoms with Gasteiger partial charge in [0.1, 0.15) is 5.01 Å². The van der Waals surface area contributed by atoms with E-state index in [1.165, 1.54) is 18.4 Å². The third kappa shape index (κ3) is 3.95. The maximum absolute atomic E-state index is 12.0. The second-order valence-electron chi connectivity index (χ2n) is 6.06. The van der Waals surface area contributed by atoms with E-state index in [-0.39, 0.29) is 5.91 Å². The van der Waals surface area contributed by atoms with Crippen molar-refractivity contribution in [3.63, 3.8) is 0 Å². The van der Waals surface area contributed by atoms with Gasteiger partial charge in [-0.15, -0.1) is 11.3 Å². The minimum Gasteiger partial charge on any atom is -0.353 e. The Balaban J connectivity index is 1.54. The summed E-state index contributed by atoms with van der Waals surface area (Å²) in [5, 5.41) is 6.24. The van der Waals surface area contributed by atoms with Crippen LogP contribution in [0.1, 0.15) is 43.4 Å². The third-order valence-corrected chi connectivity index (χ3v) is 5.09. The lowest BCUT2D eigenvalue weighted by molar-refractivity contribution is -0.121. The highest BCUT2D eigenvalue weighted by Crippen LogP contribution is 2.25. The third-order valence-electron chi connectivity index (χ3n) is 4.15. The zero-order valence-corrected chi connectivity index (χ0v) is 13.8. The molecule has 0 bridgehead atoms. The van der Waals surface area contributed by atoms with Crippen LogP contribution in [0.4, 0.5) is 0 Å². The van der Waals surface area contributed by atoms with Crippen molar-refractivity contribution in [2.75, 3.05) is 0 Å². The molecular formula is C18H22N2OS. The predicted molar refractivity (Wildman–Crippen MR) is 91.0 cm³/mol. The van der Waals surface area contributed by atoms with Crippen molar-refractivity contribution in [2.45, 2.75) is 51.5 Å². The van der Waals surface area contributed by atoms with E-state index in [4.69, 9.17) is 0 Å². The maximum Gasteiger partial charge on any atom is 0.220 e. The number of thiazole rings is 1. The molecule has 1 amide bonds. The Morgan fingerprint density at radius 1 is 1.36 bits per heavy atom. The number of nitrogens with zero attached hydrogens (tertiary/aromatic N) is 1. The van der Waals surface area contributed by atoms with E-state index in [1.807, 2.05) is 0 Å². The number of hydrogen-bond donors (Lipinski definition) is 1. The highest BCUT2D eigenvalue weighted by molar-refractivity contribution is 7.13. The molecular weight excluding hydrogens is 292 g/mol. The summed E-state index contributed by atoms with van der Waals surface area (Å²) in [6, 6.07) is 8.79. The molecule has 22 heavy (non-hydrogen) atoms. The summed E-state index contributed by atoms with van der Waals surface area (Å²) in [5.41, 5.74) is 3.42. The van der Waals surface area contributed by atoms with Crippen molar-refractivity contribution in [3.8, 4) is 10.6 Å². The first-order chi connectivity index (χ1) is 10.7. The molecule has 1 aromatic heterocycles. The standard InChI is InChI=1S/C18H22N2OS/c1-13-5-4-6-14(11-13)18-20-16(12-22-18)9-10-17(21)19-15-7-2-3-8-15/h4-6,11-12,15H,2-3,7-10H2,1H3,(H,19,21). The van der Waals surface area contributed by atoms with Crippen LogP contribution in [-0.2, 0) is 11.2 Å². The molecule has 1 fully saturated rings. The monoisotopic (exact) mass is 314 g/mol. The van der Waals surface area contributed by atoms with Crippen LogP contribution in [0, 0.1) is 6.92 Å². The molecule has 3 rings (SSSR count). The zero-order valence-electron chi connectivity index (χ0n) is 13.0. The van der Waals surface area contributed by atoms with E-state index in [9.17, 15) is 4.79 Å². The predicted octanol–water partition coefficient (Wildman–Crippen LogP) is 4.11. The second kappa shape index (κ2) is 7.05. The topological polar surface area (TPSA) is 42.0 Å². The number of carbonyl (C=O) groups excluding carboxylic acids is 1. The minimum atomic E-state index is 0.164. The molecule has 0 unspecified atom stereocenters. The molecule has 1 N–H and O–H groups in total. The number of amides is 1. The van der Waals surface area contributed by atoms with Crippen LogP contribution < -0.4 is 5.32 Å². The van der Waals surface area contributed by atoms with Gasteiger partial charge in [0.2, 0.25) is 5.91 Å². The molecule has 0 saturated heterocycles. The number of nitrogens with one attached hydrogen (secondary N) is 1. The van der Waals surface area contributed by atoms with Crippen LogP contribution in [-0.4, -0.2) is 16.9 Å². The molecule has 0 radical (unpaired) electrons. The van der Waals surface area contributed by atoms with E-state index in [2.05, 4.69) is 46.9 Å². The smallest absolute Gasteiger partial charge is 0.220 e. The van der Waals surface area contributed by atoms with Gasteiger partial charge in [-0.05, 0) is 32.3 Å². The minimum absolute atomic E-state index is 0.164. The van der Waals surface area contributed by atoms with Crippen molar-refractivity contribution < 1.29 is 4.79 Å². The first-order valence-electron chi connectivity index (χ1n) is 8.01. The first kappa shape index (κ1) is 15.2. The lowest BCUT2D eigenvalue weighted by atomic mass is 10.1. The van der Waals surface area contributed by atoms with Gasteiger partial charge in [0.05, 0.1) is 5.69 Å². The fourth-order valence-electron chi connectivity index (χ4n) is 2.94. The van der Waals surface area contributed by atoms with E-state index in [0.717, 1.165) is 35.5 Å². The van der Waals surface area contributed by atoms with Crippen LogP contribution in [0.15, 0.2) is 29.6 Å². The number of hydrogen-bond acceptors (Lipinski definition) is 3. The van der Waals surface area contributed by atoms with Crippen LogP contribution in [0.2, 0.25) is 0 Å². The quantitative estimate of drug-likeness (QED) is 0.902. The number of aryl methyl sites for hydroxylation is 2. The van der Waals surface area contributed by atoms with Gasteiger partial charge in [-0.3, -0.25) is 4.79 Å². The van der Waals surface area contributed by atoms with Crippen LogP contribution in [0.25, 0.3) is 10.6 Å². The number of carbonyl (C=O) groups is 1. The van der Waals surface area contributed by atoms with Gasteiger partial charge in [0, 0.05) is 23.4 Å². The van der Waals surface area contributed by atoms with Crippen molar-refractivity contribution in [1.82, 2.24) is 10.3 Å². The van der Waals surface area contributed by atoms with E-state index in [1.54, 1.807) is 11.3 Å². The summed E-state index contributed by atoms with van der Waals surface area (Å²) in [5.74, 6) is 0.164. The molecule has 1 heterocycles. The molecule has 0 atom stereocenters. The Labute approximate surface area is 135 Å². The molecule has 3 nitrogen and oxygen atoms in total. The SMILES string of the molecule is Cc1cccc(-c2nc(CCC(=O)NC3CCCC3)cs2)c1. The number of rotatable bonds is 5. The Morgan fingerprint density at radius 2 is 2.18 bits per heavy atom. The highest BCUT2D eigenvalue weighted by atomic mass is 32.1. The first-order valence-corrected chi connectivity index (χ1v) is 8.89. The summed E-state index contributed by atoms with van der Waals surface area (Å²) in [7, 11) is 0. The summed E-state index contributed by atoms with van der Waals surface area (Å²) in [6.45, 7) is 2.09. The summed E-state index contributed by atoms with van der Waals surface area (Å²) >= 11 is 1.65. The van der Waals surface area contributed by atoms with Crippen molar-refractivity contribution >= 4 is 17.2 Å². The van der Waals surface area contributed by atoms with Gasteiger partial charge < -0.3 is 5.32 Å². The Bertz CT molecular complexity index is 644. The van der Waals surface area contributed by atoms with Crippen molar-refractivity contribution in [3.05, 3.63) is 40.9 Å². The average Bonchev–Trinajstić information content (AvgIpc) is 3.16. The van der Waals surface area contributed by atoms with Gasteiger partial charge in [-0.1, -0.05) is 36.6 Å². The van der Waals surface area contributed by atoms with E-state index >= 15 is 0 Å². The Hall–Kier alpha value is -1.68. The van der Waals surface area contributed by atoms with Crippen molar-refractivity contribution in [1.29, 1.82) is 0 Å². The fraction of sp³-hybridized carbons (Fsp3) is 0.444. The van der Waals surface area contributed by atoms with E-state index < -0.39 is 0 Å². The molecule has 0 spiro atoms. The van der Waals surface area contributed by atoms with Crippen LogP contribution >= 0.6 is 11.3 Å². The maximum atomic E-state index is 12.0. The van der Waals surface area contributed by atoms with Gasteiger partial charge >= 0.3 is 0 Å². The highest BCUT2D eigenvalue weighted by Gasteiger charge is 2.17. The molecule has 1 aromatic carbocycles. The van der Waals surface area contributed by atoms with E-state index in [0.29, 0.717) is 12.5 Å². The molecule has 116 valence electrons. The van der Waals surface area contributed by atoms with Crippen LogP contribution in [0.3, 0.4) is 0 Å². The average molecular weight is 314 g/mol. The lowest BCUT2D eigenvalue weighted by Gasteiger charge is -2.11. The Kier molecular flexibility index (Phi) is 4.88. The molecule has 0 aliphatic heterocycles.